The Kier molecular flexibility index (Phi) is 4.59. The van der Waals surface area contributed by atoms with Gasteiger partial charge in [0.15, 0.2) is 0 Å². The maximum Gasteiger partial charge on any atom is 0.129 e. The zero-order valence-electron chi connectivity index (χ0n) is 11.9. The smallest absolute Gasteiger partial charge is 0.129 e. The highest BCUT2D eigenvalue weighted by Gasteiger charge is 2.29. The second-order valence-electron chi connectivity index (χ2n) is 5.18. The third-order valence-corrected chi connectivity index (χ3v) is 3.33. The van der Waals surface area contributed by atoms with Crippen LogP contribution in [0.4, 0.5) is 5.82 Å². The van der Waals surface area contributed by atoms with Gasteiger partial charge in [-0.2, -0.15) is 0 Å². The van der Waals surface area contributed by atoms with Gasteiger partial charge in [-0.25, -0.2) is 4.98 Å². The van der Waals surface area contributed by atoms with Crippen molar-refractivity contribution in [1.82, 2.24) is 10.3 Å². The Morgan fingerprint density at radius 3 is 2.72 bits per heavy atom. The molecule has 0 radical (unpaired) electrons. The van der Waals surface area contributed by atoms with Gasteiger partial charge >= 0.3 is 0 Å². The first-order chi connectivity index (χ1) is 8.74. The van der Waals surface area contributed by atoms with Gasteiger partial charge in [-0.15, -0.1) is 0 Å². The molecule has 18 heavy (non-hydrogen) atoms. The Morgan fingerprint density at radius 2 is 2.11 bits per heavy atom. The van der Waals surface area contributed by atoms with E-state index < -0.39 is 0 Å². The number of nitrogens with one attached hydrogen (secondary N) is 1. The molecule has 0 saturated heterocycles. The van der Waals surface area contributed by atoms with Crippen LogP contribution in [-0.2, 0) is 6.54 Å². The van der Waals surface area contributed by atoms with E-state index in [1.54, 1.807) is 0 Å². The molecular weight excluding hydrogens is 222 g/mol. The molecule has 1 heterocycles. The molecule has 0 unspecified atom stereocenters. The van der Waals surface area contributed by atoms with E-state index in [-0.39, 0.29) is 0 Å². The Balaban J connectivity index is 2.16. The summed E-state index contributed by atoms with van der Waals surface area (Å²) in [6, 6.07) is 5.18. The third kappa shape index (κ3) is 3.45. The number of anilines is 1. The lowest BCUT2D eigenvalue weighted by Gasteiger charge is -2.24. The highest BCUT2D eigenvalue weighted by Crippen LogP contribution is 2.31. The number of aromatic nitrogens is 1. The Hall–Kier alpha value is -1.09. The molecule has 1 aromatic heterocycles. The highest BCUT2D eigenvalue weighted by atomic mass is 15.2. The van der Waals surface area contributed by atoms with Crippen molar-refractivity contribution in [3.05, 3.63) is 23.4 Å². The number of pyridine rings is 1. The van der Waals surface area contributed by atoms with Gasteiger partial charge in [-0.3, -0.25) is 0 Å². The predicted molar refractivity (Wildman–Crippen MR) is 77.0 cm³/mol. The number of hydrogen-bond donors (Lipinski definition) is 1. The molecule has 1 aromatic rings. The van der Waals surface area contributed by atoms with Gasteiger partial charge < -0.3 is 10.2 Å². The van der Waals surface area contributed by atoms with Crippen molar-refractivity contribution in [2.24, 2.45) is 0 Å². The molecule has 0 atom stereocenters. The first kappa shape index (κ1) is 13.3. The quantitative estimate of drug-likeness (QED) is 0.803. The Morgan fingerprint density at radius 1 is 1.33 bits per heavy atom. The van der Waals surface area contributed by atoms with E-state index in [1.165, 1.54) is 30.6 Å². The molecule has 1 saturated carbocycles. The Labute approximate surface area is 111 Å². The topological polar surface area (TPSA) is 28.2 Å². The summed E-state index contributed by atoms with van der Waals surface area (Å²) in [5.41, 5.74) is 2.48. The third-order valence-electron chi connectivity index (χ3n) is 3.33. The lowest BCUT2D eigenvalue weighted by Crippen LogP contribution is -2.27. The van der Waals surface area contributed by atoms with Gasteiger partial charge in [-0.05, 0) is 50.4 Å². The molecule has 2 rings (SSSR count). The molecule has 0 amide bonds. The van der Waals surface area contributed by atoms with E-state index in [1.807, 2.05) is 0 Å². The van der Waals surface area contributed by atoms with Crippen molar-refractivity contribution in [3.8, 4) is 0 Å². The van der Waals surface area contributed by atoms with Gasteiger partial charge in [0.2, 0.25) is 0 Å². The zero-order valence-corrected chi connectivity index (χ0v) is 11.9. The summed E-state index contributed by atoms with van der Waals surface area (Å²) in [5.74, 6) is 1.17. The second kappa shape index (κ2) is 6.19. The molecule has 0 bridgehead atoms. The van der Waals surface area contributed by atoms with Crippen molar-refractivity contribution < 1.29 is 0 Å². The van der Waals surface area contributed by atoms with Crippen molar-refractivity contribution in [2.75, 3.05) is 18.0 Å². The molecule has 0 spiro atoms. The van der Waals surface area contributed by atoms with Crippen molar-refractivity contribution >= 4 is 5.82 Å². The van der Waals surface area contributed by atoms with E-state index >= 15 is 0 Å². The van der Waals surface area contributed by atoms with E-state index in [0.29, 0.717) is 0 Å². The van der Waals surface area contributed by atoms with Gasteiger partial charge in [0, 0.05) is 24.8 Å². The lowest BCUT2D eigenvalue weighted by molar-refractivity contribution is 0.718. The fourth-order valence-corrected chi connectivity index (χ4v) is 2.35. The molecule has 100 valence electrons. The van der Waals surface area contributed by atoms with E-state index in [4.69, 9.17) is 4.98 Å². The predicted octanol–water partition coefficient (Wildman–Crippen LogP) is 2.88. The average Bonchev–Trinajstić information content (AvgIpc) is 3.17. The minimum Gasteiger partial charge on any atom is -0.354 e. The van der Waals surface area contributed by atoms with Crippen LogP contribution in [0, 0.1) is 6.92 Å². The minimum atomic E-state index is 0.742. The van der Waals surface area contributed by atoms with Crippen molar-refractivity contribution in [2.45, 2.75) is 52.6 Å². The Bertz CT molecular complexity index is 385. The van der Waals surface area contributed by atoms with Crippen LogP contribution in [-0.4, -0.2) is 24.1 Å². The van der Waals surface area contributed by atoms with Gasteiger partial charge in [0.05, 0.1) is 0 Å². The van der Waals surface area contributed by atoms with Gasteiger partial charge in [0.1, 0.15) is 5.82 Å². The molecule has 3 nitrogen and oxygen atoms in total. The number of nitrogens with zero attached hydrogens (tertiary/aromatic N) is 2. The van der Waals surface area contributed by atoms with Crippen LogP contribution < -0.4 is 10.2 Å². The summed E-state index contributed by atoms with van der Waals surface area (Å²) in [7, 11) is 0. The number of hydrogen-bond acceptors (Lipinski definition) is 3. The molecule has 0 aromatic carbocycles. The summed E-state index contributed by atoms with van der Waals surface area (Å²) in [5, 5.41) is 3.39. The van der Waals surface area contributed by atoms with Crippen LogP contribution in [0.5, 0.6) is 0 Å². The second-order valence-corrected chi connectivity index (χ2v) is 5.18. The summed E-state index contributed by atoms with van der Waals surface area (Å²) < 4.78 is 0. The van der Waals surface area contributed by atoms with Crippen LogP contribution in [0.2, 0.25) is 0 Å². The van der Waals surface area contributed by atoms with Crippen molar-refractivity contribution in [1.29, 1.82) is 0 Å². The maximum absolute atomic E-state index is 4.72. The largest absolute Gasteiger partial charge is 0.354 e. The van der Waals surface area contributed by atoms with Crippen LogP contribution in [0.25, 0.3) is 0 Å². The normalized spacial score (nSPS) is 14.8. The van der Waals surface area contributed by atoms with E-state index in [9.17, 15) is 0 Å². The van der Waals surface area contributed by atoms with E-state index in [0.717, 1.165) is 31.4 Å². The lowest BCUT2D eigenvalue weighted by atomic mass is 10.2. The van der Waals surface area contributed by atoms with Crippen LogP contribution >= 0.6 is 0 Å². The van der Waals surface area contributed by atoms with Crippen LogP contribution in [0.3, 0.4) is 0 Å². The molecular formula is C15H25N3. The number of aryl methyl sites for hydroxylation is 1. The molecule has 1 N–H and O–H groups in total. The molecule has 3 heteroatoms. The highest BCUT2D eigenvalue weighted by molar-refractivity contribution is 5.45. The summed E-state index contributed by atoms with van der Waals surface area (Å²) in [6.45, 7) is 9.56. The monoisotopic (exact) mass is 247 g/mol. The summed E-state index contributed by atoms with van der Waals surface area (Å²) in [4.78, 5) is 7.21. The van der Waals surface area contributed by atoms with E-state index in [2.05, 4.69) is 43.1 Å². The van der Waals surface area contributed by atoms with Gasteiger partial charge in [-0.1, -0.05) is 13.8 Å². The first-order valence-electron chi connectivity index (χ1n) is 7.19. The standard InChI is InChI=1S/C15H25N3/c1-4-8-18(14-6-7-14)15-10-13(11-16-5-2)9-12(3)17-15/h9-10,14,16H,4-8,11H2,1-3H3. The number of rotatable bonds is 7. The SMILES string of the molecule is CCCN(c1cc(CNCC)cc(C)n1)C1CC1. The average molecular weight is 247 g/mol. The molecule has 1 fully saturated rings. The first-order valence-corrected chi connectivity index (χ1v) is 7.19. The molecule has 1 aliphatic carbocycles. The molecule has 0 aliphatic heterocycles. The fourth-order valence-electron chi connectivity index (χ4n) is 2.35. The maximum atomic E-state index is 4.72. The van der Waals surface area contributed by atoms with Crippen LogP contribution in [0.1, 0.15) is 44.4 Å². The minimum absolute atomic E-state index is 0.742. The summed E-state index contributed by atoms with van der Waals surface area (Å²) in [6.07, 6.45) is 3.85. The van der Waals surface area contributed by atoms with Crippen molar-refractivity contribution in [3.63, 3.8) is 0 Å². The van der Waals surface area contributed by atoms with Crippen LogP contribution in [0.15, 0.2) is 12.1 Å². The zero-order chi connectivity index (χ0) is 13.0. The fraction of sp³-hybridized carbons (Fsp3) is 0.667. The van der Waals surface area contributed by atoms with Gasteiger partial charge in [0.25, 0.3) is 0 Å². The summed E-state index contributed by atoms with van der Waals surface area (Å²) >= 11 is 0. The molecule has 1 aliphatic rings.